The minimum absolute atomic E-state index is 0.610. The second-order valence-electron chi connectivity index (χ2n) is 14.0. The van der Waals surface area contributed by atoms with Gasteiger partial charge in [0.2, 0.25) is 0 Å². The molecule has 0 aliphatic carbocycles. The molecule has 0 saturated carbocycles. The molecule has 0 fully saturated rings. The van der Waals surface area contributed by atoms with Crippen molar-refractivity contribution >= 4 is 65.4 Å². The lowest BCUT2D eigenvalue weighted by Crippen LogP contribution is -1.98. The molecule has 0 atom stereocenters. The molecule has 5 nitrogen and oxygen atoms in total. The molecule has 0 unspecified atom stereocenters. The molecule has 0 N–H and O–H groups in total. The first kappa shape index (κ1) is 30.7. The van der Waals surface area contributed by atoms with Crippen molar-refractivity contribution in [3.05, 3.63) is 187 Å². The molecular formula is C50H29N5. The maximum atomic E-state index is 10.4. The number of fused-ring (bicyclic) bond motifs is 9. The molecule has 3 heterocycles. The third-order valence-corrected chi connectivity index (χ3v) is 11.1. The summed E-state index contributed by atoms with van der Waals surface area (Å²) in [5.41, 5.74) is 12.7. The van der Waals surface area contributed by atoms with Gasteiger partial charge in [0.05, 0.1) is 56.0 Å². The van der Waals surface area contributed by atoms with Gasteiger partial charge >= 0.3 is 0 Å². The van der Waals surface area contributed by atoms with Crippen molar-refractivity contribution in [3.63, 3.8) is 0 Å². The molecule has 3 aromatic heterocycles. The highest BCUT2D eigenvalue weighted by molar-refractivity contribution is 6.13. The van der Waals surface area contributed by atoms with Gasteiger partial charge in [-0.1, -0.05) is 97.1 Å². The van der Waals surface area contributed by atoms with Crippen LogP contribution < -0.4 is 0 Å². The van der Waals surface area contributed by atoms with Crippen LogP contribution in [0.25, 0.3) is 93.6 Å². The Morgan fingerprint density at radius 3 is 1.40 bits per heavy atom. The molecule has 55 heavy (non-hydrogen) atoms. The third-order valence-electron chi connectivity index (χ3n) is 11.1. The summed E-state index contributed by atoms with van der Waals surface area (Å²) in [6, 6.07) is 65.9. The lowest BCUT2D eigenvalue weighted by atomic mass is 10.0. The van der Waals surface area contributed by atoms with E-state index in [9.17, 15) is 10.5 Å². The van der Waals surface area contributed by atoms with Gasteiger partial charge in [-0.15, -0.1) is 0 Å². The first-order valence-corrected chi connectivity index (χ1v) is 18.3. The number of rotatable bonds is 4. The van der Waals surface area contributed by atoms with Crippen molar-refractivity contribution in [3.8, 4) is 40.3 Å². The van der Waals surface area contributed by atoms with E-state index in [-0.39, 0.29) is 0 Å². The minimum atomic E-state index is 0.610. The number of hydrogen-bond donors (Lipinski definition) is 0. The quantitative estimate of drug-likeness (QED) is 0.184. The Hall–Kier alpha value is -7.86. The van der Waals surface area contributed by atoms with E-state index >= 15 is 0 Å². The molecule has 0 aliphatic rings. The molecule has 0 saturated heterocycles. The highest BCUT2D eigenvalue weighted by atomic mass is 15.0. The van der Waals surface area contributed by atoms with Crippen molar-refractivity contribution in [2.45, 2.75) is 0 Å². The van der Waals surface area contributed by atoms with Gasteiger partial charge < -0.3 is 13.7 Å². The van der Waals surface area contributed by atoms with Crippen LogP contribution in [0, 0.1) is 22.7 Å². The van der Waals surface area contributed by atoms with Crippen molar-refractivity contribution < 1.29 is 0 Å². The van der Waals surface area contributed by atoms with E-state index in [0.717, 1.165) is 82.8 Å². The fourth-order valence-corrected chi connectivity index (χ4v) is 8.68. The van der Waals surface area contributed by atoms with Crippen LogP contribution in [0.1, 0.15) is 11.1 Å². The average molecular weight is 700 g/mol. The summed E-state index contributed by atoms with van der Waals surface area (Å²) in [5.74, 6) is 0. The molecule has 0 amide bonds. The van der Waals surface area contributed by atoms with Crippen LogP contribution in [-0.2, 0) is 0 Å². The van der Waals surface area contributed by atoms with Gasteiger partial charge in [-0.2, -0.15) is 10.5 Å². The summed E-state index contributed by atoms with van der Waals surface area (Å²) in [6.45, 7) is 0. The Balaban J connectivity index is 1.04. The Bertz CT molecular complexity index is 3350. The number of nitrogens with zero attached hydrogens (tertiary/aromatic N) is 5. The van der Waals surface area contributed by atoms with Gasteiger partial charge in [0.15, 0.2) is 0 Å². The topological polar surface area (TPSA) is 62.4 Å². The second kappa shape index (κ2) is 11.8. The van der Waals surface area contributed by atoms with Crippen molar-refractivity contribution in [2.75, 3.05) is 0 Å². The number of hydrogen-bond acceptors (Lipinski definition) is 2. The van der Waals surface area contributed by atoms with E-state index < -0.39 is 0 Å². The van der Waals surface area contributed by atoms with Crippen LogP contribution in [0.3, 0.4) is 0 Å². The van der Waals surface area contributed by atoms with Gasteiger partial charge in [-0.05, 0) is 90.0 Å². The predicted molar refractivity (Wildman–Crippen MR) is 224 cm³/mol. The average Bonchev–Trinajstić information content (AvgIpc) is 3.88. The molecule has 11 rings (SSSR count). The molecule has 0 bridgehead atoms. The Morgan fingerprint density at radius 1 is 0.327 bits per heavy atom. The van der Waals surface area contributed by atoms with Gasteiger partial charge in [-0.25, -0.2) is 0 Å². The van der Waals surface area contributed by atoms with Crippen molar-refractivity contribution in [2.24, 2.45) is 0 Å². The summed E-state index contributed by atoms with van der Waals surface area (Å²) >= 11 is 0. The molecular weight excluding hydrogens is 671 g/mol. The van der Waals surface area contributed by atoms with Crippen LogP contribution in [0.2, 0.25) is 0 Å². The number of aromatic nitrogens is 3. The maximum Gasteiger partial charge on any atom is 0.101 e. The summed E-state index contributed by atoms with van der Waals surface area (Å²) in [6.07, 6.45) is 0. The van der Waals surface area contributed by atoms with E-state index in [1.807, 2.05) is 30.3 Å². The summed E-state index contributed by atoms with van der Waals surface area (Å²) in [5, 5.41) is 27.3. The van der Waals surface area contributed by atoms with Gasteiger partial charge in [0.1, 0.15) is 6.07 Å². The first-order valence-electron chi connectivity index (χ1n) is 18.3. The Labute approximate surface area is 316 Å². The SMILES string of the molecule is N#Cc1ccc2c3cc(-n4c5ccccc5c5ccccc54)ccc3n(-c3ccc(-c4ccc(-n5c6ccccc6c6ccccc65)c(C#N)c4)cc3)c2c1. The molecule has 0 spiro atoms. The summed E-state index contributed by atoms with van der Waals surface area (Å²) in [7, 11) is 0. The maximum absolute atomic E-state index is 10.4. The summed E-state index contributed by atoms with van der Waals surface area (Å²) < 4.78 is 6.78. The van der Waals surface area contributed by atoms with E-state index in [1.54, 1.807) is 0 Å². The number of para-hydroxylation sites is 4. The second-order valence-corrected chi connectivity index (χ2v) is 14.0. The Morgan fingerprint density at radius 2 is 0.818 bits per heavy atom. The van der Waals surface area contributed by atoms with E-state index in [4.69, 9.17) is 0 Å². The fourth-order valence-electron chi connectivity index (χ4n) is 8.68. The molecule has 11 aromatic rings. The molecule has 0 radical (unpaired) electrons. The van der Waals surface area contributed by atoms with Crippen molar-refractivity contribution in [1.29, 1.82) is 10.5 Å². The summed E-state index contributed by atoms with van der Waals surface area (Å²) in [4.78, 5) is 0. The van der Waals surface area contributed by atoms with Crippen LogP contribution in [0.5, 0.6) is 0 Å². The zero-order valence-electron chi connectivity index (χ0n) is 29.5. The highest BCUT2D eigenvalue weighted by Gasteiger charge is 2.18. The zero-order valence-corrected chi connectivity index (χ0v) is 29.5. The smallest absolute Gasteiger partial charge is 0.101 e. The van der Waals surface area contributed by atoms with Crippen LogP contribution in [0.15, 0.2) is 176 Å². The van der Waals surface area contributed by atoms with E-state index in [1.165, 1.54) is 10.8 Å². The van der Waals surface area contributed by atoms with Gasteiger partial charge in [0.25, 0.3) is 0 Å². The Kier molecular flexibility index (Phi) is 6.61. The van der Waals surface area contributed by atoms with Gasteiger partial charge in [-0.3, -0.25) is 0 Å². The standard InChI is InChI=1S/C50H29N5/c51-30-32-17-24-42-43-29-37(54-45-13-5-1-9-38(45)39-10-2-6-14-46(39)54)23-26-49(43)53(50(42)27-32)36-21-18-33(19-22-36)34-20-25-44(35(28-34)31-52)55-47-15-7-3-11-40(47)41-12-4-8-16-48(41)55/h1-29H. The molecule has 254 valence electrons. The third kappa shape index (κ3) is 4.51. The first-order chi connectivity index (χ1) is 27.2. The largest absolute Gasteiger partial charge is 0.309 e. The molecule has 8 aromatic carbocycles. The van der Waals surface area contributed by atoms with Gasteiger partial charge in [0, 0.05) is 43.7 Å². The lowest BCUT2D eigenvalue weighted by Gasteiger charge is -2.13. The predicted octanol–water partition coefficient (Wildman–Crippen LogP) is 12.4. The fraction of sp³-hybridized carbons (Fsp3) is 0. The normalized spacial score (nSPS) is 11.6. The molecule has 0 aliphatic heterocycles. The van der Waals surface area contributed by atoms with Crippen LogP contribution in [0.4, 0.5) is 0 Å². The zero-order chi connectivity index (χ0) is 36.6. The minimum Gasteiger partial charge on any atom is -0.309 e. The van der Waals surface area contributed by atoms with E-state index in [0.29, 0.717) is 11.1 Å². The van der Waals surface area contributed by atoms with Crippen molar-refractivity contribution in [1.82, 2.24) is 13.7 Å². The lowest BCUT2D eigenvalue weighted by molar-refractivity contribution is 1.16. The highest BCUT2D eigenvalue weighted by Crippen LogP contribution is 2.38. The van der Waals surface area contributed by atoms with E-state index in [2.05, 4.69) is 171 Å². The van der Waals surface area contributed by atoms with Crippen LogP contribution >= 0.6 is 0 Å². The monoisotopic (exact) mass is 699 g/mol. The van der Waals surface area contributed by atoms with Crippen LogP contribution in [-0.4, -0.2) is 13.7 Å². The molecule has 5 heteroatoms. The number of benzene rings is 8. The number of nitriles is 2.